The molecule has 1 aliphatic heterocycles. The first-order valence-corrected chi connectivity index (χ1v) is 8.29. The van der Waals surface area contributed by atoms with E-state index in [4.69, 9.17) is 4.74 Å². The Kier molecular flexibility index (Phi) is 5.44. The van der Waals surface area contributed by atoms with Gasteiger partial charge in [0.15, 0.2) is 0 Å². The highest BCUT2D eigenvalue weighted by Gasteiger charge is 2.18. The molecule has 0 aliphatic carbocycles. The molecular formula is C17H24N4O3. The van der Waals surface area contributed by atoms with E-state index in [1.165, 1.54) is 0 Å². The molecule has 1 saturated heterocycles. The average molecular weight is 332 g/mol. The van der Waals surface area contributed by atoms with E-state index in [2.05, 4.69) is 15.2 Å². The van der Waals surface area contributed by atoms with Crippen molar-refractivity contribution >= 4 is 11.6 Å². The summed E-state index contributed by atoms with van der Waals surface area (Å²) < 4.78 is 7.24. The van der Waals surface area contributed by atoms with Crippen molar-refractivity contribution in [1.82, 2.24) is 19.6 Å². The van der Waals surface area contributed by atoms with Crippen molar-refractivity contribution in [2.75, 3.05) is 39.5 Å². The fourth-order valence-corrected chi connectivity index (χ4v) is 2.98. The maximum atomic E-state index is 12.3. The van der Waals surface area contributed by atoms with Gasteiger partial charge in [-0.1, -0.05) is 6.07 Å². The number of ether oxygens (including phenoxy) is 1. The topological polar surface area (TPSA) is 79.1 Å². The number of imidazole rings is 1. The number of hydrogen-bond donors (Lipinski definition) is 2. The highest BCUT2D eigenvalue weighted by Crippen LogP contribution is 2.10. The third-order valence-corrected chi connectivity index (χ3v) is 4.24. The average Bonchev–Trinajstić information content (AvgIpc) is 2.99. The van der Waals surface area contributed by atoms with E-state index >= 15 is 0 Å². The van der Waals surface area contributed by atoms with Crippen LogP contribution in [-0.4, -0.2) is 70.8 Å². The zero-order chi connectivity index (χ0) is 16.9. The fraction of sp³-hybridized carbons (Fsp3) is 0.529. The predicted octanol–water partition coefficient (Wildman–Crippen LogP) is -0.00548. The standard InChI is InChI=1S/C17H24N4O3/c1-13-3-2-4-21-11-14(19-17(13)21)9-16(23)18-15(12-22)10-20-5-7-24-8-6-20/h2-4,11,15,22H,5-10,12H2,1H3,(H,18,23). The summed E-state index contributed by atoms with van der Waals surface area (Å²) in [6, 6.07) is 3.68. The first kappa shape index (κ1) is 16.9. The number of aliphatic hydroxyl groups is 1. The molecule has 130 valence electrons. The number of morpholine rings is 1. The summed E-state index contributed by atoms with van der Waals surface area (Å²) >= 11 is 0. The molecule has 24 heavy (non-hydrogen) atoms. The van der Waals surface area contributed by atoms with Gasteiger partial charge < -0.3 is 19.6 Å². The summed E-state index contributed by atoms with van der Waals surface area (Å²) in [5.41, 5.74) is 2.67. The summed E-state index contributed by atoms with van der Waals surface area (Å²) in [7, 11) is 0. The van der Waals surface area contributed by atoms with Crippen molar-refractivity contribution in [2.45, 2.75) is 19.4 Å². The number of aromatic nitrogens is 2. The quantitative estimate of drug-likeness (QED) is 0.778. The number of nitrogens with zero attached hydrogens (tertiary/aromatic N) is 3. The van der Waals surface area contributed by atoms with Gasteiger partial charge in [-0.15, -0.1) is 0 Å². The van der Waals surface area contributed by atoms with Crippen molar-refractivity contribution in [3.63, 3.8) is 0 Å². The molecule has 0 saturated carbocycles. The zero-order valence-corrected chi connectivity index (χ0v) is 13.9. The number of aliphatic hydroxyl groups excluding tert-OH is 1. The summed E-state index contributed by atoms with van der Waals surface area (Å²) in [5.74, 6) is -0.122. The molecular weight excluding hydrogens is 308 g/mol. The molecule has 3 heterocycles. The van der Waals surface area contributed by atoms with Crippen molar-refractivity contribution in [2.24, 2.45) is 0 Å². The summed E-state index contributed by atoms with van der Waals surface area (Å²) in [6.45, 7) is 5.62. The SMILES string of the molecule is Cc1cccn2cc(CC(=O)NC(CO)CN3CCOCC3)nc12. The highest BCUT2D eigenvalue weighted by atomic mass is 16.5. The Morgan fingerprint density at radius 1 is 1.46 bits per heavy atom. The van der Waals surface area contributed by atoms with Crippen molar-refractivity contribution < 1.29 is 14.6 Å². The van der Waals surface area contributed by atoms with Gasteiger partial charge in [-0.25, -0.2) is 4.98 Å². The number of aryl methyl sites for hydroxylation is 1. The molecule has 1 atom stereocenters. The van der Waals surface area contributed by atoms with Gasteiger partial charge in [0.1, 0.15) is 5.65 Å². The third-order valence-electron chi connectivity index (χ3n) is 4.24. The van der Waals surface area contributed by atoms with Crippen LogP contribution in [0.5, 0.6) is 0 Å². The number of fused-ring (bicyclic) bond motifs is 1. The molecule has 1 fully saturated rings. The van der Waals surface area contributed by atoms with Gasteiger partial charge in [0.05, 0.1) is 38.0 Å². The second kappa shape index (κ2) is 7.74. The molecule has 1 amide bonds. The third kappa shape index (κ3) is 4.11. The Labute approximate surface area is 141 Å². The van der Waals surface area contributed by atoms with Crippen LogP contribution in [0, 0.1) is 6.92 Å². The molecule has 2 aromatic rings. The molecule has 3 rings (SSSR count). The molecule has 1 unspecified atom stereocenters. The van der Waals surface area contributed by atoms with Gasteiger partial charge >= 0.3 is 0 Å². The Bertz CT molecular complexity index is 694. The van der Waals surface area contributed by atoms with E-state index in [1.54, 1.807) is 0 Å². The minimum Gasteiger partial charge on any atom is -0.394 e. The van der Waals surface area contributed by atoms with Crippen LogP contribution >= 0.6 is 0 Å². The summed E-state index contributed by atoms with van der Waals surface area (Å²) in [6.07, 6.45) is 4.00. The Balaban J connectivity index is 1.57. The molecule has 2 aromatic heterocycles. The van der Waals surface area contributed by atoms with Crippen molar-refractivity contribution in [1.29, 1.82) is 0 Å². The van der Waals surface area contributed by atoms with Gasteiger partial charge in [-0.2, -0.15) is 0 Å². The molecule has 0 radical (unpaired) electrons. The molecule has 0 aromatic carbocycles. The molecule has 0 spiro atoms. The van der Waals surface area contributed by atoms with Crippen LogP contribution in [-0.2, 0) is 16.0 Å². The lowest BCUT2D eigenvalue weighted by molar-refractivity contribution is -0.121. The number of rotatable bonds is 6. The summed E-state index contributed by atoms with van der Waals surface area (Å²) in [5, 5.41) is 12.4. The minimum absolute atomic E-state index is 0.0760. The lowest BCUT2D eigenvalue weighted by Crippen LogP contribution is -2.49. The fourth-order valence-electron chi connectivity index (χ4n) is 2.98. The zero-order valence-electron chi connectivity index (χ0n) is 13.9. The first-order chi connectivity index (χ1) is 11.7. The number of amides is 1. The monoisotopic (exact) mass is 332 g/mol. The van der Waals surface area contributed by atoms with E-state index < -0.39 is 0 Å². The number of carbonyl (C=O) groups excluding carboxylic acids is 1. The first-order valence-electron chi connectivity index (χ1n) is 8.29. The Morgan fingerprint density at radius 2 is 2.25 bits per heavy atom. The van der Waals surface area contributed by atoms with Gasteiger partial charge in [0.2, 0.25) is 5.91 Å². The molecule has 7 heteroatoms. The molecule has 2 N–H and O–H groups in total. The maximum absolute atomic E-state index is 12.3. The van der Waals surface area contributed by atoms with E-state index in [9.17, 15) is 9.90 Å². The van der Waals surface area contributed by atoms with Crippen LogP contribution in [0.1, 0.15) is 11.3 Å². The highest BCUT2D eigenvalue weighted by molar-refractivity contribution is 5.78. The van der Waals surface area contributed by atoms with Gasteiger partial charge in [-0.3, -0.25) is 9.69 Å². The van der Waals surface area contributed by atoms with Crippen LogP contribution in [0.2, 0.25) is 0 Å². The van der Waals surface area contributed by atoms with Crippen molar-refractivity contribution in [3.8, 4) is 0 Å². The van der Waals surface area contributed by atoms with Crippen LogP contribution in [0.4, 0.5) is 0 Å². The molecule has 7 nitrogen and oxygen atoms in total. The smallest absolute Gasteiger partial charge is 0.226 e. The van der Waals surface area contributed by atoms with Crippen LogP contribution in [0.3, 0.4) is 0 Å². The minimum atomic E-state index is -0.269. The van der Waals surface area contributed by atoms with Gasteiger partial charge in [-0.05, 0) is 18.6 Å². The lowest BCUT2D eigenvalue weighted by Gasteiger charge is -2.30. The second-order valence-electron chi connectivity index (χ2n) is 6.19. The van der Waals surface area contributed by atoms with Crippen LogP contribution in [0.15, 0.2) is 24.5 Å². The number of pyridine rings is 1. The lowest BCUT2D eigenvalue weighted by atomic mass is 10.2. The number of nitrogens with one attached hydrogen (secondary N) is 1. The summed E-state index contributed by atoms with van der Waals surface area (Å²) in [4.78, 5) is 19.0. The predicted molar refractivity (Wildman–Crippen MR) is 89.9 cm³/mol. The van der Waals surface area contributed by atoms with E-state index in [0.717, 1.165) is 30.0 Å². The number of carbonyl (C=O) groups is 1. The van der Waals surface area contributed by atoms with Crippen LogP contribution in [0.25, 0.3) is 5.65 Å². The van der Waals surface area contributed by atoms with Gasteiger partial charge in [0, 0.05) is 32.0 Å². The molecule has 1 aliphatic rings. The largest absolute Gasteiger partial charge is 0.394 e. The van der Waals surface area contributed by atoms with Crippen molar-refractivity contribution in [3.05, 3.63) is 35.8 Å². The van der Waals surface area contributed by atoms with Crippen LogP contribution < -0.4 is 5.32 Å². The van der Waals surface area contributed by atoms with E-state index in [1.807, 2.05) is 35.9 Å². The van der Waals surface area contributed by atoms with E-state index in [0.29, 0.717) is 19.8 Å². The normalized spacial score (nSPS) is 17.1. The Hall–Kier alpha value is -1.96. The van der Waals surface area contributed by atoms with E-state index in [-0.39, 0.29) is 25.0 Å². The Morgan fingerprint density at radius 3 is 2.96 bits per heavy atom. The maximum Gasteiger partial charge on any atom is 0.226 e. The molecule has 0 bridgehead atoms. The second-order valence-corrected chi connectivity index (χ2v) is 6.19. The van der Waals surface area contributed by atoms with Gasteiger partial charge in [0.25, 0.3) is 0 Å². The number of hydrogen-bond acceptors (Lipinski definition) is 5.